The largest absolute Gasteiger partial charge is 0.288 e. The summed E-state index contributed by atoms with van der Waals surface area (Å²) < 4.78 is 1.96. The van der Waals surface area contributed by atoms with Gasteiger partial charge in [0.1, 0.15) is 0 Å². The number of allylic oxidation sites excluding steroid dienone is 5. The van der Waals surface area contributed by atoms with Crippen molar-refractivity contribution in [3.63, 3.8) is 0 Å². The number of rotatable bonds is 8. The molecule has 1 aromatic heterocycles. The Kier molecular flexibility index (Phi) is 8.76. The number of hydrogen-bond donors (Lipinski definition) is 0. The molecular weight excluding hydrogens is 458 g/mol. The van der Waals surface area contributed by atoms with Crippen LogP contribution in [-0.2, 0) is 6.54 Å². The van der Waals surface area contributed by atoms with Crippen LogP contribution < -0.4 is 0 Å². The van der Waals surface area contributed by atoms with E-state index in [0.717, 1.165) is 49.8 Å². The summed E-state index contributed by atoms with van der Waals surface area (Å²) in [5, 5.41) is 6.43. The first kappa shape index (κ1) is 25.8. The summed E-state index contributed by atoms with van der Waals surface area (Å²) in [5.41, 5.74) is 7.63. The second kappa shape index (κ2) is 11.5. The molecule has 176 valence electrons. The average Bonchev–Trinajstić information content (AvgIpc) is 3.25. The van der Waals surface area contributed by atoms with E-state index in [0.29, 0.717) is 0 Å². The summed E-state index contributed by atoms with van der Waals surface area (Å²) >= 11 is 7.80. The van der Waals surface area contributed by atoms with Gasteiger partial charge in [0.05, 0.1) is 11.2 Å². The van der Waals surface area contributed by atoms with E-state index in [4.69, 9.17) is 11.6 Å². The summed E-state index contributed by atoms with van der Waals surface area (Å²) in [5.74, 6) is 0. The van der Waals surface area contributed by atoms with Crippen LogP contribution in [-0.4, -0.2) is 22.5 Å². The third-order valence-corrected chi connectivity index (χ3v) is 7.23. The molecule has 0 saturated heterocycles. The molecule has 0 N–H and O–H groups in total. The normalized spacial score (nSPS) is 12.9. The van der Waals surface area contributed by atoms with E-state index in [1.54, 1.807) is 11.8 Å². The van der Waals surface area contributed by atoms with Gasteiger partial charge in [0, 0.05) is 45.6 Å². The van der Waals surface area contributed by atoms with Crippen LogP contribution in [0.3, 0.4) is 0 Å². The maximum absolute atomic E-state index is 6.11. The Bertz CT molecular complexity index is 1320. The maximum Gasteiger partial charge on any atom is 0.0923 e. The maximum atomic E-state index is 6.11. The second-order valence-corrected chi connectivity index (χ2v) is 9.80. The highest BCUT2D eigenvalue weighted by Crippen LogP contribution is 2.40. The molecule has 5 heteroatoms. The minimum Gasteiger partial charge on any atom is -0.288 e. The zero-order valence-corrected chi connectivity index (χ0v) is 22.4. The number of hydrogen-bond acceptors (Lipinski definition) is 3. The van der Waals surface area contributed by atoms with Crippen LogP contribution in [0.15, 0.2) is 93.3 Å². The molecule has 0 aliphatic rings. The highest BCUT2D eigenvalue weighted by atomic mass is 35.5. The van der Waals surface area contributed by atoms with Crippen LogP contribution in [0.5, 0.6) is 0 Å². The predicted octanol–water partition coefficient (Wildman–Crippen LogP) is 8.72. The molecule has 0 unspecified atom stereocenters. The van der Waals surface area contributed by atoms with Crippen molar-refractivity contribution in [2.24, 2.45) is 4.99 Å². The molecule has 0 fully saturated rings. The molecular formula is C29H32ClN3S. The van der Waals surface area contributed by atoms with E-state index >= 15 is 0 Å². The van der Waals surface area contributed by atoms with E-state index in [9.17, 15) is 0 Å². The third kappa shape index (κ3) is 5.99. The molecule has 0 radical (unpaired) electrons. The standard InChI is InChI=1S/C29H32ClN3S/c1-8-26(22-10-13-25(30)14-11-22)29(19(3)4)34-21(6)20(5)16-28(31-7)23-12-15-27-24(17-23)18-33(9-2)32-27/h8,10-18H,6,9H2,1-5,7H3. The molecule has 0 atom stereocenters. The lowest BCUT2D eigenvalue weighted by atomic mass is 10.0. The number of aliphatic imine (C=N–C) groups is 1. The van der Waals surface area contributed by atoms with Crippen molar-refractivity contribution in [2.45, 2.75) is 41.2 Å². The van der Waals surface area contributed by atoms with Gasteiger partial charge in [-0.1, -0.05) is 59.8 Å². The number of aryl methyl sites for hydroxylation is 1. The first-order valence-corrected chi connectivity index (χ1v) is 12.6. The molecule has 3 nitrogen and oxygen atoms in total. The van der Waals surface area contributed by atoms with Crippen LogP contribution in [0.2, 0.25) is 5.02 Å². The molecule has 0 spiro atoms. The van der Waals surface area contributed by atoms with Gasteiger partial charge in [-0.15, -0.1) is 0 Å². The number of aromatic nitrogens is 2. The van der Waals surface area contributed by atoms with E-state index in [-0.39, 0.29) is 0 Å². The highest BCUT2D eigenvalue weighted by Gasteiger charge is 2.14. The van der Waals surface area contributed by atoms with Crippen LogP contribution >= 0.6 is 23.4 Å². The molecule has 3 rings (SSSR count). The van der Waals surface area contributed by atoms with Crippen molar-refractivity contribution in [3.05, 3.63) is 104 Å². The molecule has 0 bridgehead atoms. The number of nitrogens with zero attached hydrogens (tertiary/aromatic N) is 3. The average molecular weight is 490 g/mol. The van der Waals surface area contributed by atoms with E-state index in [1.165, 1.54) is 16.1 Å². The third-order valence-electron chi connectivity index (χ3n) is 5.57. The van der Waals surface area contributed by atoms with Crippen LogP contribution in [0.1, 0.15) is 45.7 Å². The lowest BCUT2D eigenvalue weighted by Gasteiger charge is -2.16. The first-order valence-electron chi connectivity index (χ1n) is 11.4. The van der Waals surface area contributed by atoms with Crippen molar-refractivity contribution in [1.82, 2.24) is 9.78 Å². The summed E-state index contributed by atoms with van der Waals surface area (Å²) in [6.07, 6.45) is 6.34. The van der Waals surface area contributed by atoms with Gasteiger partial charge in [-0.3, -0.25) is 9.67 Å². The Balaban J connectivity index is 1.86. The number of halogens is 1. The van der Waals surface area contributed by atoms with Crippen LogP contribution in [0, 0.1) is 0 Å². The van der Waals surface area contributed by atoms with Crippen molar-refractivity contribution >= 4 is 45.6 Å². The van der Waals surface area contributed by atoms with Crippen molar-refractivity contribution < 1.29 is 0 Å². The lowest BCUT2D eigenvalue weighted by molar-refractivity contribution is 0.668. The van der Waals surface area contributed by atoms with E-state index in [1.807, 2.05) is 23.9 Å². The Morgan fingerprint density at radius 1 is 1.12 bits per heavy atom. The van der Waals surface area contributed by atoms with Gasteiger partial charge in [-0.25, -0.2) is 0 Å². The highest BCUT2D eigenvalue weighted by molar-refractivity contribution is 8.07. The fraction of sp³-hybridized carbons (Fsp3) is 0.241. The summed E-state index contributed by atoms with van der Waals surface area (Å²) in [7, 11) is 1.83. The van der Waals surface area contributed by atoms with Crippen LogP contribution in [0.25, 0.3) is 16.5 Å². The van der Waals surface area contributed by atoms with Crippen molar-refractivity contribution in [2.75, 3.05) is 7.05 Å². The fourth-order valence-electron chi connectivity index (χ4n) is 3.65. The monoisotopic (exact) mass is 489 g/mol. The topological polar surface area (TPSA) is 30.2 Å². The second-order valence-electron chi connectivity index (χ2n) is 8.26. The van der Waals surface area contributed by atoms with Gasteiger partial charge in [-0.05, 0) is 81.7 Å². The summed E-state index contributed by atoms with van der Waals surface area (Å²) in [6.45, 7) is 15.8. The number of thioether (sulfide) groups is 1. The van der Waals surface area contributed by atoms with Gasteiger partial charge >= 0.3 is 0 Å². The zero-order chi connectivity index (χ0) is 24.8. The first-order chi connectivity index (χ1) is 16.3. The summed E-state index contributed by atoms with van der Waals surface area (Å²) in [4.78, 5) is 6.75. The number of benzene rings is 2. The Morgan fingerprint density at radius 3 is 2.38 bits per heavy atom. The predicted molar refractivity (Wildman–Crippen MR) is 152 cm³/mol. The molecule has 0 aliphatic carbocycles. The van der Waals surface area contributed by atoms with Gasteiger partial charge in [0.2, 0.25) is 0 Å². The zero-order valence-electron chi connectivity index (χ0n) is 20.8. The quantitative estimate of drug-likeness (QED) is 0.234. The van der Waals surface area contributed by atoms with Crippen molar-refractivity contribution in [3.8, 4) is 0 Å². The Morgan fingerprint density at radius 2 is 1.79 bits per heavy atom. The summed E-state index contributed by atoms with van der Waals surface area (Å²) in [6, 6.07) is 14.3. The molecule has 0 amide bonds. The Labute approximate surface area is 212 Å². The molecule has 1 heterocycles. The minimum atomic E-state index is 0.736. The number of fused-ring (bicyclic) bond motifs is 1. The minimum absolute atomic E-state index is 0.736. The molecule has 0 saturated carbocycles. The molecule has 0 aliphatic heterocycles. The lowest BCUT2D eigenvalue weighted by Crippen LogP contribution is -1.99. The van der Waals surface area contributed by atoms with E-state index < -0.39 is 0 Å². The van der Waals surface area contributed by atoms with Gasteiger partial charge in [0.15, 0.2) is 0 Å². The van der Waals surface area contributed by atoms with Gasteiger partial charge < -0.3 is 0 Å². The fourth-order valence-corrected chi connectivity index (χ4v) is 4.79. The Hall–Kier alpha value is -2.82. The molecule has 2 aromatic carbocycles. The SMILES string of the molecule is C=C(SC(C(=CC)c1ccc(Cl)cc1)=C(C)C)C(C)=CC(=NC)c1ccc2nn(CC)cc2c1. The van der Waals surface area contributed by atoms with E-state index in [2.05, 4.69) is 100.0 Å². The van der Waals surface area contributed by atoms with Crippen molar-refractivity contribution in [1.29, 1.82) is 0 Å². The van der Waals surface area contributed by atoms with Crippen LogP contribution in [0.4, 0.5) is 0 Å². The molecule has 34 heavy (non-hydrogen) atoms. The van der Waals surface area contributed by atoms with Gasteiger partial charge in [0.25, 0.3) is 0 Å². The smallest absolute Gasteiger partial charge is 0.0923 e. The van der Waals surface area contributed by atoms with Gasteiger partial charge in [-0.2, -0.15) is 5.10 Å². The molecule has 3 aromatic rings.